The predicted molar refractivity (Wildman–Crippen MR) is 70.0 cm³/mol. The van der Waals surface area contributed by atoms with Gasteiger partial charge in [-0.1, -0.05) is 13.3 Å². The zero-order valence-electron chi connectivity index (χ0n) is 10.8. The van der Waals surface area contributed by atoms with Gasteiger partial charge in [0, 0.05) is 19.1 Å². The van der Waals surface area contributed by atoms with Crippen LogP contribution in [0, 0.1) is 12.8 Å². The molecular weight excluding hydrogens is 212 g/mol. The Bertz CT molecular complexity index is 349. The van der Waals surface area contributed by atoms with Crippen LogP contribution in [0.4, 0.5) is 5.82 Å². The lowest BCUT2D eigenvalue weighted by Crippen LogP contribution is -2.47. The molecule has 1 fully saturated rings. The van der Waals surface area contributed by atoms with Crippen molar-refractivity contribution in [1.29, 1.82) is 0 Å². The molecule has 0 radical (unpaired) electrons. The normalized spacial score (nSPS) is 25.0. The minimum absolute atomic E-state index is 0.422. The molecule has 1 aliphatic heterocycles. The molecule has 2 N–H and O–H groups in total. The van der Waals surface area contributed by atoms with E-state index in [-0.39, 0.29) is 0 Å². The standard InChI is InChI=1S/C13H22N4/c1-3-11-6-7-17(12(8-11)9-14)13-5-4-10(2)15-16-13/h4-5,11-12H,3,6-9,14H2,1-2H3. The first-order valence-corrected chi connectivity index (χ1v) is 6.51. The molecule has 4 nitrogen and oxygen atoms in total. The fourth-order valence-electron chi connectivity index (χ4n) is 2.58. The van der Waals surface area contributed by atoms with E-state index in [0.29, 0.717) is 12.6 Å². The Hall–Kier alpha value is -1.16. The highest BCUT2D eigenvalue weighted by molar-refractivity contribution is 5.39. The number of hydrogen-bond acceptors (Lipinski definition) is 4. The summed E-state index contributed by atoms with van der Waals surface area (Å²) in [5, 5.41) is 8.40. The molecule has 1 aliphatic rings. The molecule has 17 heavy (non-hydrogen) atoms. The molecule has 1 aromatic rings. The Morgan fingerprint density at radius 1 is 1.41 bits per heavy atom. The molecule has 0 bridgehead atoms. The number of nitrogens with zero attached hydrogens (tertiary/aromatic N) is 3. The lowest BCUT2D eigenvalue weighted by molar-refractivity contribution is 0.334. The Morgan fingerprint density at radius 2 is 2.24 bits per heavy atom. The van der Waals surface area contributed by atoms with Gasteiger partial charge in [-0.3, -0.25) is 0 Å². The number of nitrogens with two attached hydrogens (primary N) is 1. The number of aromatic nitrogens is 2. The summed E-state index contributed by atoms with van der Waals surface area (Å²) in [6.45, 7) is 5.98. The Balaban J connectivity index is 2.12. The third kappa shape index (κ3) is 2.75. The first kappa shape index (κ1) is 12.3. The van der Waals surface area contributed by atoms with Crippen molar-refractivity contribution in [2.75, 3.05) is 18.0 Å². The molecule has 2 atom stereocenters. The molecule has 4 heteroatoms. The van der Waals surface area contributed by atoms with Gasteiger partial charge >= 0.3 is 0 Å². The smallest absolute Gasteiger partial charge is 0.151 e. The van der Waals surface area contributed by atoms with Crippen molar-refractivity contribution in [1.82, 2.24) is 10.2 Å². The predicted octanol–water partition coefficient (Wildman–Crippen LogP) is 1.74. The van der Waals surface area contributed by atoms with Gasteiger partial charge in [-0.25, -0.2) is 0 Å². The fourth-order valence-corrected chi connectivity index (χ4v) is 2.58. The number of rotatable bonds is 3. The molecule has 0 amide bonds. The molecule has 1 saturated heterocycles. The summed E-state index contributed by atoms with van der Waals surface area (Å²) in [5.74, 6) is 1.79. The maximum Gasteiger partial charge on any atom is 0.151 e. The van der Waals surface area contributed by atoms with Gasteiger partial charge in [0.05, 0.1) is 5.69 Å². The maximum absolute atomic E-state index is 5.89. The average Bonchev–Trinajstić information content (AvgIpc) is 2.39. The largest absolute Gasteiger partial charge is 0.351 e. The van der Waals surface area contributed by atoms with E-state index in [1.807, 2.05) is 13.0 Å². The van der Waals surface area contributed by atoms with Crippen LogP contribution in [0.25, 0.3) is 0 Å². The van der Waals surface area contributed by atoms with Crippen molar-refractivity contribution < 1.29 is 0 Å². The van der Waals surface area contributed by atoms with E-state index in [1.165, 1.54) is 19.3 Å². The molecule has 2 unspecified atom stereocenters. The highest BCUT2D eigenvalue weighted by Gasteiger charge is 2.27. The van der Waals surface area contributed by atoms with Crippen LogP contribution in [0.15, 0.2) is 12.1 Å². The molecule has 0 spiro atoms. The van der Waals surface area contributed by atoms with Crippen LogP contribution in [0.5, 0.6) is 0 Å². The van der Waals surface area contributed by atoms with Gasteiger partial charge in [-0.15, -0.1) is 5.10 Å². The van der Waals surface area contributed by atoms with Crippen LogP contribution >= 0.6 is 0 Å². The zero-order chi connectivity index (χ0) is 12.3. The summed E-state index contributed by atoms with van der Waals surface area (Å²) < 4.78 is 0. The molecule has 0 aromatic carbocycles. The van der Waals surface area contributed by atoms with E-state index in [4.69, 9.17) is 5.73 Å². The monoisotopic (exact) mass is 234 g/mol. The third-order valence-corrected chi connectivity index (χ3v) is 3.75. The molecule has 0 saturated carbocycles. The summed E-state index contributed by atoms with van der Waals surface area (Å²) in [6.07, 6.45) is 3.68. The SMILES string of the molecule is CCC1CCN(c2ccc(C)nn2)C(CN)C1. The minimum atomic E-state index is 0.422. The molecule has 2 rings (SSSR count). The lowest BCUT2D eigenvalue weighted by atomic mass is 9.89. The number of anilines is 1. The number of hydrogen-bond donors (Lipinski definition) is 1. The van der Waals surface area contributed by atoms with Crippen LogP contribution in [-0.4, -0.2) is 29.3 Å². The van der Waals surface area contributed by atoms with E-state index in [2.05, 4.69) is 28.1 Å². The van der Waals surface area contributed by atoms with Crippen molar-refractivity contribution in [3.05, 3.63) is 17.8 Å². The minimum Gasteiger partial charge on any atom is -0.351 e. The second kappa shape index (κ2) is 5.45. The summed E-state index contributed by atoms with van der Waals surface area (Å²) in [6, 6.07) is 4.49. The summed E-state index contributed by atoms with van der Waals surface area (Å²) >= 11 is 0. The van der Waals surface area contributed by atoms with Gasteiger partial charge in [0.15, 0.2) is 5.82 Å². The van der Waals surface area contributed by atoms with Crippen LogP contribution in [0.3, 0.4) is 0 Å². The van der Waals surface area contributed by atoms with E-state index >= 15 is 0 Å². The first-order chi connectivity index (χ1) is 8.24. The first-order valence-electron chi connectivity index (χ1n) is 6.51. The van der Waals surface area contributed by atoms with Crippen molar-refractivity contribution in [3.8, 4) is 0 Å². The van der Waals surface area contributed by atoms with Gasteiger partial charge in [-0.2, -0.15) is 5.10 Å². The van der Waals surface area contributed by atoms with E-state index < -0.39 is 0 Å². The number of piperidine rings is 1. The van der Waals surface area contributed by atoms with Crippen molar-refractivity contribution in [3.63, 3.8) is 0 Å². The van der Waals surface area contributed by atoms with E-state index in [0.717, 1.165) is 24.0 Å². The van der Waals surface area contributed by atoms with E-state index in [1.54, 1.807) is 0 Å². The third-order valence-electron chi connectivity index (χ3n) is 3.75. The summed E-state index contributed by atoms with van der Waals surface area (Å²) in [7, 11) is 0. The fraction of sp³-hybridized carbons (Fsp3) is 0.692. The van der Waals surface area contributed by atoms with Crippen molar-refractivity contribution in [2.45, 2.75) is 39.2 Å². The molecule has 1 aromatic heterocycles. The Kier molecular flexibility index (Phi) is 3.94. The Morgan fingerprint density at radius 3 is 2.82 bits per heavy atom. The summed E-state index contributed by atoms with van der Waals surface area (Å²) in [5.41, 5.74) is 6.85. The molecule has 2 heterocycles. The topological polar surface area (TPSA) is 55.0 Å². The highest BCUT2D eigenvalue weighted by atomic mass is 15.3. The highest BCUT2D eigenvalue weighted by Crippen LogP contribution is 2.27. The van der Waals surface area contributed by atoms with Crippen LogP contribution in [-0.2, 0) is 0 Å². The summed E-state index contributed by atoms with van der Waals surface area (Å²) in [4.78, 5) is 2.32. The quantitative estimate of drug-likeness (QED) is 0.865. The molecule has 0 aliphatic carbocycles. The molecule has 94 valence electrons. The second-order valence-corrected chi connectivity index (χ2v) is 4.91. The molecular formula is C13H22N4. The lowest BCUT2D eigenvalue weighted by Gasteiger charge is -2.39. The number of aryl methyl sites for hydroxylation is 1. The van der Waals surface area contributed by atoms with Crippen LogP contribution < -0.4 is 10.6 Å². The van der Waals surface area contributed by atoms with Gasteiger partial charge in [0.1, 0.15) is 0 Å². The van der Waals surface area contributed by atoms with Gasteiger partial charge in [0.25, 0.3) is 0 Å². The average molecular weight is 234 g/mol. The van der Waals surface area contributed by atoms with Crippen molar-refractivity contribution >= 4 is 5.82 Å². The van der Waals surface area contributed by atoms with Gasteiger partial charge < -0.3 is 10.6 Å². The van der Waals surface area contributed by atoms with Gasteiger partial charge in [-0.05, 0) is 37.8 Å². The van der Waals surface area contributed by atoms with Crippen molar-refractivity contribution in [2.24, 2.45) is 11.7 Å². The maximum atomic E-state index is 5.89. The Labute approximate surface area is 103 Å². The van der Waals surface area contributed by atoms with Crippen LogP contribution in [0.1, 0.15) is 31.9 Å². The van der Waals surface area contributed by atoms with Gasteiger partial charge in [0.2, 0.25) is 0 Å². The van der Waals surface area contributed by atoms with Crippen LogP contribution in [0.2, 0.25) is 0 Å². The zero-order valence-corrected chi connectivity index (χ0v) is 10.8. The second-order valence-electron chi connectivity index (χ2n) is 4.91. The van der Waals surface area contributed by atoms with E-state index in [9.17, 15) is 0 Å².